The molecule has 12 rings (SSSR count). The molecule has 62 heavy (non-hydrogen) atoms. The van der Waals surface area contributed by atoms with E-state index in [-0.39, 0.29) is 0 Å². The smallest absolute Gasteiger partial charge is 0.164 e. The molecule has 290 valence electrons. The van der Waals surface area contributed by atoms with Crippen LogP contribution in [-0.2, 0) is 0 Å². The topological polar surface area (TPSA) is 82.5 Å². The number of hydrogen-bond acceptors (Lipinski definition) is 6. The van der Waals surface area contributed by atoms with Crippen molar-refractivity contribution in [1.29, 1.82) is 0 Å². The number of fused-ring (bicyclic) bond motifs is 7. The molecule has 7 heteroatoms. The molecule has 8 aromatic carbocycles. The summed E-state index contributed by atoms with van der Waals surface area (Å²) >= 11 is 0. The Morgan fingerprint density at radius 1 is 0.355 bits per heavy atom. The number of rotatable bonds is 7. The van der Waals surface area contributed by atoms with Gasteiger partial charge in [-0.25, -0.2) is 24.9 Å². The maximum absolute atomic E-state index is 6.89. The molecular formula is C55H34N6O. The fraction of sp³-hybridized carbons (Fsp3) is 0. The quantitative estimate of drug-likeness (QED) is 0.160. The Labute approximate surface area is 356 Å². The molecule has 0 amide bonds. The molecule has 0 saturated heterocycles. The molecule has 0 fully saturated rings. The van der Waals surface area contributed by atoms with Crippen LogP contribution in [0.4, 0.5) is 0 Å². The lowest BCUT2D eigenvalue weighted by Crippen LogP contribution is -2.01. The van der Waals surface area contributed by atoms with Crippen LogP contribution in [-0.4, -0.2) is 29.5 Å². The highest BCUT2D eigenvalue weighted by Crippen LogP contribution is 2.46. The van der Waals surface area contributed by atoms with Gasteiger partial charge in [0.1, 0.15) is 5.58 Å². The van der Waals surface area contributed by atoms with Crippen LogP contribution in [0.2, 0.25) is 0 Å². The van der Waals surface area contributed by atoms with Crippen LogP contribution < -0.4 is 0 Å². The van der Waals surface area contributed by atoms with Crippen molar-refractivity contribution >= 4 is 43.7 Å². The second-order valence-corrected chi connectivity index (χ2v) is 15.3. The van der Waals surface area contributed by atoms with Gasteiger partial charge in [0.2, 0.25) is 0 Å². The first kappa shape index (κ1) is 35.4. The lowest BCUT2D eigenvalue weighted by Gasteiger charge is -2.13. The van der Waals surface area contributed by atoms with Gasteiger partial charge in [0.25, 0.3) is 0 Å². The summed E-state index contributed by atoms with van der Waals surface area (Å²) in [5.41, 5.74) is 11.8. The zero-order chi connectivity index (χ0) is 41.0. The van der Waals surface area contributed by atoms with Crippen LogP contribution in [0.3, 0.4) is 0 Å². The van der Waals surface area contributed by atoms with E-state index in [0.717, 1.165) is 94.2 Å². The normalized spacial score (nSPS) is 11.5. The molecule has 0 aliphatic heterocycles. The van der Waals surface area contributed by atoms with Crippen LogP contribution in [0.25, 0.3) is 117 Å². The molecular weight excluding hydrogens is 761 g/mol. The van der Waals surface area contributed by atoms with Gasteiger partial charge in [-0.15, -0.1) is 0 Å². The first-order chi connectivity index (χ1) is 30.7. The van der Waals surface area contributed by atoms with Gasteiger partial charge in [-0.3, -0.25) is 0 Å². The molecule has 0 spiro atoms. The Morgan fingerprint density at radius 3 is 1.50 bits per heavy atom. The Balaban J connectivity index is 1.14. The Bertz CT molecular complexity index is 3510. The zero-order valence-corrected chi connectivity index (χ0v) is 33.2. The minimum Gasteiger partial charge on any atom is -0.454 e. The summed E-state index contributed by atoms with van der Waals surface area (Å²) in [6, 6.07) is 70.3. The van der Waals surface area contributed by atoms with Crippen LogP contribution in [0.5, 0.6) is 0 Å². The third-order valence-corrected chi connectivity index (χ3v) is 11.4. The minimum atomic E-state index is 0.581. The van der Waals surface area contributed by atoms with Crippen molar-refractivity contribution in [3.8, 4) is 73.8 Å². The fourth-order valence-corrected chi connectivity index (χ4v) is 8.58. The molecule has 0 aliphatic rings. The summed E-state index contributed by atoms with van der Waals surface area (Å²) in [4.78, 5) is 25.6. The van der Waals surface area contributed by atoms with Gasteiger partial charge in [0.05, 0.1) is 22.4 Å². The molecule has 12 aromatic rings. The van der Waals surface area contributed by atoms with E-state index in [1.54, 1.807) is 0 Å². The van der Waals surface area contributed by atoms with Crippen LogP contribution >= 0.6 is 0 Å². The lowest BCUT2D eigenvalue weighted by molar-refractivity contribution is 0.671. The highest BCUT2D eigenvalue weighted by Gasteiger charge is 2.25. The van der Waals surface area contributed by atoms with Gasteiger partial charge in [0.15, 0.2) is 28.9 Å². The SMILES string of the molecule is c1ccc(-c2cc(-c3cc4c5ccccc5oc4c4c3c3ccccc3n4-c3cccc(-c4nc(-c5ccccc5)nc(-c5ccccc5)n4)c3)nc(-c3ccccc3)n2)cc1. The molecule has 0 N–H and O–H groups in total. The molecule has 0 aliphatic carbocycles. The number of aromatic nitrogens is 6. The van der Waals surface area contributed by atoms with Crippen molar-refractivity contribution in [2.75, 3.05) is 0 Å². The minimum absolute atomic E-state index is 0.581. The van der Waals surface area contributed by atoms with E-state index in [2.05, 4.69) is 102 Å². The van der Waals surface area contributed by atoms with E-state index < -0.39 is 0 Å². The second kappa shape index (κ2) is 14.6. The van der Waals surface area contributed by atoms with E-state index in [1.165, 1.54) is 0 Å². The van der Waals surface area contributed by atoms with Gasteiger partial charge in [-0.05, 0) is 36.4 Å². The molecule has 0 bridgehead atoms. The van der Waals surface area contributed by atoms with Crippen molar-refractivity contribution < 1.29 is 4.42 Å². The van der Waals surface area contributed by atoms with Crippen LogP contribution in [0.15, 0.2) is 211 Å². The highest BCUT2D eigenvalue weighted by molar-refractivity contribution is 6.26. The summed E-state index contributed by atoms with van der Waals surface area (Å²) in [6.07, 6.45) is 0. The van der Waals surface area contributed by atoms with Gasteiger partial charge in [0, 0.05) is 60.6 Å². The molecule has 0 atom stereocenters. The molecule has 0 radical (unpaired) electrons. The zero-order valence-electron chi connectivity index (χ0n) is 33.2. The largest absolute Gasteiger partial charge is 0.454 e. The Kier molecular flexibility index (Phi) is 8.35. The highest BCUT2D eigenvalue weighted by atomic mass is 16.3. The molecule has 7 nitrogen and oxygen atoms in total. The third kappa shape index (κ3) is 6.02. The summed E-state index contributed by atoms with van der Waals surface area (Å²) in [5, 5.41) is 4.14. The van der Waals surface area contributed by atoms with Gasteiger partial charge in [-0.1, -0.05) is 170 Å². The molecule has 4 heterocycles. The van der Waals surface area contributed by atoms with Gasteiger partial charge in [-0.2, -0.15) is 0 Å². The first-order valence-corrected chi connectivity index (χ1v) is 20.6. The molecule has 0 unspecified atom stereocenters. The average molecular weight is 795 g/mol. The number of furan rings is 1. The summed E-state index contributed by atoms with van der Waals surface area (Å²) in [7, 11) is 0. The van der Waals surface area contributed by atoms with Crippen LogP contribution in [0.1, 0.15) is 0 Å². The van der Waals surface area contributed by atoms with E-state index in [0.29, 0.717) is 23.3 Å². The summed E-state index contributed by atoms with van der Waals surface area (Å²) in [6.45, 7) is 0. The van der Waals surface area contributed by atoms with E-state index in [9.17, 15) is 0 Å². The van der Waals surface area contributed by atoms with Crippen molar-refractivity contribution in [2.24, 2.45) is 0 Å². The second-order valence-electron chi connectivity index (χ2n) is 15.3. The average Bonchev–Trinajstić information content (AvgIpc) is 3.91. The van der Waals surface area contributed by atoms with Crippen molar-refractivity contribution in [3.63, 3.8) is 0 Å². The number of nitrogens with zero attached hydrogens (tertiary/aromatic N) is 6. The van der Waals surface area contributed by atoms with Crippen molar-refractivity contribution in [1.82, 2.24) is 29.5 Å². The predicted octanol–water partition coefficient (Wildman–Crippen LogP) is 13.7. The van der Waals surface area contributed by atoms with Crippen LogP contribution in [0, 0.1) is 0 Å². The summed E-state index contributed by atoms with van der Waals surface area (Å²) in [5.74, 6) is 2.46. The number of para-hydroxylation sites is 2. The van der Waals surface area contributed by atoms with Gasteiger partial charge < -0.3 is 8.98 Å². The maximum Gasteiger partial charge on any atom is 0.164 e. The monoisotopic (exact) mass is 794 g/mol. The first-order valence-electron chi connectivity index (χ1n) is 20.6. The van der Waals surface area contributed by atoms with Crippen molar-refractivity contribution in [2.45, 2.75) is 0 Å². The molecule has 0 saturated carbocycles. The third-order valence-electron chi connectivity index (χ3n) is 11.4. The van der Waals surface area contributed by atoms with E-state index in [4.69, 9.17) is 29.3 Å². The number of benzene rings is 8. The number of hydrogen-bond donors (Lipinski definition) is 0. The Hall–Kier alpha value is -8.55. The molecule has 4 aromatic heterocycles. The van der Waals surface area contributed by atoms with E-state index >= 15 is 0 Å². The summed E-state index contributed by atoms with van der Waals surface area (Å²) < 4.78 is 9.21. The lowest BCUT2D eigenvalue weighted by atomic mass is 9.98. The van der Waals surface area contributed by atoms with E-state index in [1.807, 2.05) is 109 Å². The van der Waals surface area contributed by atoms with Gasteiger partial charge >= 0.3 is 0 Å². The standard InChI is InChI=1S/C55H34N6O/c1-5-18-35(19-6-1)45-34-46(57-52(56-45)36-20-7-2-8-21-36)44-33-43-41-28-14-16-31-48(41)62-51(43)50-49(44)42-29-13-15-30-47(42)61(50)40-27-17-26-39(32-40)55-59-53(37-22-9-3-10-23-37)58-54(60-55)38-24-11-4-12-25-38/h1-34H. The maximum atomic E-state index is 6.89. The predicted molar refractivity (Wildman–Crippen MR) is 250 cm³/mol. The van der Waals surface area contributed by atoms with Crippen molar-refractivity contribution in [3.05, 3.63) is 206 Å². The fourth-order valence-electron chi connectivity index (χ4n) is 8.58. The Morgan fingerprint density at radius 2 is 0.855 bits per heavy atom.